The molecule has 1 amide bonds. The van der Waals surface area contributed by atoms with Crippen molar-refractivity contribution in [3.05, 3.63) is 61.8 Å². The molecule has 204 valence electrons. The number of aryl methyl sites for hydroxylation is 3. The molecule has 1 aliphatic carbocycles. The molecule has 1 N–H and O–H groups in total. The Labute approximate surface area is 243 Å². The Balaban J connectivity index is 1.51. The van der Waals surface area contributed by atoms with E-state index in [1.54, 1.807) is 0 Å². The molecular formula is C29H36BrClN4O2S. The molecule has 38 heavy (non-hydrogen) atoms. The van der Waals surface area contributed by atoms with Gasteiger partial charge in [0.05, 0.1) is 16.5 Å². The van der Waals surface area contributed by atoms with Gasteiger partial charge in [0.15, 0.2) is 11.0 Å². The molecule has 1 saturated carbocycles. The molecule has 9 heteroatoms. The number of nitrogens with one attached hydrogen (secondary N) is 1. The number of hydrogen-bond donors (Lipinski definition) is 1. The Kier molecular flexibility index (Phi) is 9.82. The molecule has 1 fully saturated rings. The van der Waals surface area contributed by atoms with Crippen LogP contribution in [0.25, 0.3) is 0 Å². The van der Waals surface area contributed by atoms with Crippen molar-refractivity contribution in [3.63, 3.8) is 0 Å². The van der Waals surface area contributed by atoms with Crippen LogP contribution in [0.3, 0.4) is 0 Å². The lowest BCUT2D eigenvalue weighted by molar-refractivity contribution is -0.113. The fourth-order valence-electron chi connectivity index (χ4n) is 4.98. The molecule has 1 aliphatic rings. The van der Waals surface area contributed by atoms with E-state index in [9.17, 15) is 4.79 Å². The average Bonchev–Trinajstić information content (AvgIpc) is 3.28. The van der Waals surface area contributed by atoms with Gasteiger partial charge in [0, 0.05) is 10.5 Å². The highest BCUT2D eigenvalue weighted by atomic mass is 79.9. The molecule has 0 radical (unpaired) electrons. The second-order valence-electron chi connectivity index (χ2n) is 10.4. The summed E-state index contributed by atoms with van der Waals surface area (Å²) in [6, 6.07) is 8.41. The first kappa shape index (κ1) is 29.0. The van der Waals surface area contributed by atoms with Gasteiger partial charge < -0.3 is 10.1 Å². The van der Waals surface area contributed by atoms with Gasteiger partial charge in [-0.05, 0) is 80.0 Å². The maximum absolute atomic E-state index is 12.9. The molecular weight excluding hydrogens is 584 g/mol. The van der Waals surface area contributed by atoms with Crippen LogP contribution in [0.1, 0.15) is 86.0 Å². The summed E-state index contributed by atoms with van der Waals surface area (Å²) in [5.74, 6) is 2.10. The number of rotatable bonds is 9. The predicted molar refractivity (Wildman–Crippen MR) is 160 cm³/mol. The van der Waals surface area contributed by atoms with Gasteiger partial charge >= 0.3 is 0 Å². The lowest BCUT2D eigenvalue weighted by atomic mass is 9.95. The first-order chi connectivity index (χ1) is 18.1. The van der Waals surface area contributed by atoms with Crippen LogP contribution in [0.4, 0.5) is 5.69 Å². The Morgan fingerprint density at radius 1 is 1.13 bits per heavy atom. The molecule has 0 spiro atoms. The van der Waals surface area contributed by atoms with Crippen LogP contribution < -0.4 is 10.1 Å². The van der Waals surface area contributed by atoms with Crippen molar-refractivity contribution in [2.75, 3.05) is 11.1 Å². The number of hydrogen-bond acceptors (Lipinski definition) is 5. The predicted octanol–water partition coefficient (Wildman–Crippen LogP) is 8.56. The van der Waals surface area contributed by atoms with Crippen LogP contribution in [0.5, 0.6) is 5.75 Å². The maximum Gasteiger partial charge on any atom is 0.234 e. The molecule has 2 aromatic carbocycles. The van der Waals surface area contributed by atoms with E-state index in [0.29, 0.717) is 29.3 Å². The smallest absolute Gasteiger partial charge is 0.234 e. The van der Waals surface area contributed by atoms with E-state index in [1.807, 2.05) is 26.0 Å². The summed E-state index contributed by atoms with van der Waals surface area (Å²) in [4.78, 5) is 12.9. The number of aromatic nitrogens is 3. The van der Waals surface area contributed by atoms with E-state index in [1.165, 1.54) is 31.0 Å². The molecule has 6 nitrogen and oxygen atoms in total. The molecule has 1 heterocycles. The average molecular weight is 620 g/mol. The second kappa shape index (κ2) is 12.9. The van der Waals surface area contributed by atoms with Gasteiger partial charge in [-0.15, -0.1) is 10.2 Å². The number of halogens is 2. The molecule has 0 atom stereocenters. The fraction of sp³-hybridized carbons (Fsp3) is 0.483. The topological polar surface area (TPSA) is 69.0 Å². The third-order valence-electron chi connectivity index (χ3n) is 6.97. The molecule has 0 saturated heterocycles. The largest absolute Gasteiger partial charge is 0.485 e. The van der Waals surface area contributed by atoms with Gasteiger partial charge in [0.25, 0.3) is 0 Å². The van der Waals surface area contributed by atoms with Crippen molar-refractivity contribution in [2.24, 2.45) is 0 Å². The van der Waals surface area contributed by atoms with Crippen LogP contribution in [-0.4, -0.2) is 26.4 Å². The molecule has 0 unspecified atom stereocenters. The maximum atomic E-state index is 12.9. The number of thioether (sulfide) groups is 1. The van der Waals surface area contributed by atoms with Crippen LogP contribution in [0.15, 0.2) is 33.9 Å². The Morgan fingerprint density at radius 2 is 1.87 bits per heavy atom. The van der Waals surface area contributed by atoms with Crippen LogP contribution in [-0.2, 0) is 11.4 Å². The number of amides is 1. The number of benzene rings is 2. The second-order valence-corrected chi connectivity index (χ2v) is 12.6. The van der Waals surface area contributed by atoms with Gasteiger partial charge in [0.1, 0.15) is 12.4 Å². The van der Waals surface area contributed by atoms with Crippen LogP contribution in [0.2, 0.25) is 5.02 Å². The number of carbonyl (C=O) groups is 1. The molecule has 1 aromatic heterocycles. The highest BCUT2D eigenvalue weighted by Gasteiger charge is 2.24. The number of anilines is 1. The first-order valence-corrected chi connectivity index (χ1v) is 15.4. The van der Waals surface area contributed by atoms with Gasteiger partial charge in [-0.25, -0.2) is 0 Å². The SMILES string of the molecule is Cc1cc(C)c(NC(=O)CSc2nnc(COc3cc(C)c(Br)cc3C(C)C)n2C2CCCCC2)c(Cl)c1. The van der Waals surface area contributed by atoms with Crippen LogP contribution >= 0.6 is 39.3 Å². The number of ether oxygens (including phenoxy) is 1. The Bertz CT molecular complexity index is 1280. The van der Waals surface area contributed by atoms with Gasteiger partial charge in [0.2, 0.25) is 5.91 Å². The van der Waals surface area contributed by atoms with Crippen molar-refractivity contribution in [2.45, 2.75) is 90.4 Å². The zero-order valence-corrected chi connectivity index (χ0v) is 25.9. The lowest BCUT2D eigenvalue weighted by Gasteiger charge is -2.25. The summed E-state index contributed by atoms with van der Waals surface area (Å²) >= 11 is 11.5. The van der Waals surface area contributed by atoms with Crippen molar-refractivity contribution in [1.82, 2.24) is 14.8 Å². The minimum absolute atomic E-state index is 0.119. The van der Waals surface area contributed by atoms with Crippen LogP contribution in [0, 0.1) is 20.8 Å². The van der Waals surface area contributed by atoms with E-state index < -0.39 is 0 Å². The minimum Gasteiger partial charge on any atom is -0.485 e. The Hall–Kier alpha value is -2.03. The fourth-order valence-corrected chi connectivity index (χ4v) is 6.53. The third-order valence-corrected chi connectivity index (χ3v) is 9.07. The van der Waals surface area contributed by atoms with E-state index in [0.717, 1.165) is 56.3 Å². The summed E-state index contributed by atoms with van der Waals surface area (Å²) in [7, 11) is 0. The van der Waals surface area contributed by atoms with Crippen molar-refractivity contribution < 1.29 is 9.53 Å². The lowest BCUT2D eigenvalue weighted by Crippen LogP contribution is -2.19. The summed E-state index contributed by atoms with van der Waals surface area (Å²) in [6.07, 6.45) is 5.78. The van der Waals surface area contributed by atoms with Gasteiger partial charge in [-0.3, -0.25) is 9.36 Å². The number of carbonyl (C=O) groups excluding carboxylic acids is 1. The van der Waals surface area contributed by atoms with E-state index in [-0.39, 0.29) is 11.7 Å². The molecule has 0 aliphatic heterocycles. The van der Waals surface area contributed by atoms with Crippen molar-refractivity contribution in [3.8, 4) is 5.75 Å². The zero-order valence-electron chi connectivity index (χ0n) is 22.7. The molecule has 3 aromatic rings. The first-order valence-electron chi connectivity index (χ1n) is 13.2. The van der Waals surface area contributed by atoms with Gasteiger partial charge in [-0.1, -0.05) is 78.5 Å². The quantitative estimate of drug-likeness (QED) is 0.243. The monoisotopic (exact) mass is 618 g/mol. The summed E-state index contributed by atoms with van der Waals surface area (Å²) in [5, 5.41) is 13.3. The minimum atomic E-state index is -0.119. The summed E-state index contributed by atoms with van der Waals surface area (Å²) in [5.41, 5.74) is 4.96. The molecule has 4 rings (SSSR count). The van der Waals surface area contributed by atoms with E-state index >= 15 is 0 Å². The van der Waals surface area contributed by atoms with Crippen molar-refractivity contribution >= 4 is 50.9 Å². The van der Waals surface area contributed by atoms with Gasteiger partial charge in [-0.2, -0.15) is 0 Å². The third kappa shape index (κ3) is 6.93. The summed E-state index contributed by atoms with van der Waals surface area (Å²) in [6.45, 7) is 10.7. The summed E-state index contributed by atoms with van der Waals surface area (Å²) < 4.78 is 9.65. The van der Waals surface area contributed by atoms with E-state index in [2.05, 4.69) is 68.9 Å². The van der Waals surface area contributed by atoms with E-state index in [4.69, 9.17) is 16.3 Å². The highest BCUT2D eigenvalue weighted by Crippen LogP contribution is 2.35. The standard InChI is InChI=1S/C29H36BrClN4O2S/c1-17(2)22-14-23(30)19(4)13-25(22)37-15-26-33-34-29(35(26)21-9-7-6-8-10-21)38-16-27(36)32-28-20(5)11-18(3)12-24(28)31/h11-14,17,21H,6-10,15-16H2,1-5H3,(H,32,36). The Morgan fingerprint density at radius 3 is 2.55 bits per heavy atom. The molecule has 0 bridgehead atoms. The van der Waals surface area contributed by atoms with Crippen molar-refractivity contribution in [1.29, 1.82) is 0 Å². The normalized spacial score (nSPS) is 14.2. The highest BCUT2D eigenvalue weighted by molar-refractivity contribution is 9.10. The zero-order chi connectivity index (χ0) is 27.4. The number of nitrogens with zero attached hydrogens (tertiary/aromatic N) is 3.